The number of amides is 1. The van der Waals surface area contributed by atoms with Crippen LogP contribution in [-0.4, -0.2) is 40.3 Å². The second-order valence-electron chi connectivity index (χ2n) is 3.26. The number of carbonyl (C=O) groups is 1. The third-order valence-corrected chi connectivity index (χ3v) is 4.24. The summed E-state index contributed by atoms with van der Waals surface area (Å²) in [7, 11) is -0.133. The standard InChI is InChI=1S/C9H19NO4Si/c1-8(2)9(11)10-6-5-7-15(12,13-3)14-4/h12H,1,5-7H2,2-4H3,(H,10,11). The smallest absolute Gasteiger partial charge is 0.390 e. The first-order valence-electron chi connectivity index (χ1n) is 4.71. The summed E-state index contributed by atoms with van der Waals surface area (Å²) < 4.78 is 9.77. The summed E-state index contributed by atoms with van der Waals surface area (Å²) in [5.41, 5.74) is 0.473. The van der Waals surface area contributed by atoms with Gasteiger partial charge in [-0.05, 0) is 13.3 Å². The van der Waals surface area contributed by atoms with Crippen LogP contribution in [0.25, 0.3) is 0 Å². The highest BCUT2D eigenvalue weighted by Crippen LogP contribution is 2.09. The van der Waals surface area contributed by atoms with Crippen LogP contribution < -0.4 is 5.32 Å². The van der Waals surface area contributed by atoms with Crippen LogP contribution in [0.3, 0.4) is 0 Å². The molecule has 0 aliphatic rings. The maximum Gasteiger partial charge on any atom is 0.497 e. The number of hydrogen-bond acceptors (Lipinski definition) is 4. The first kappa shape index (κ1) is 14.3. The van der Waals surface area contributed by atoms with Crippen molar-refractivity contribution in [3.8, 4) is 0 Å². The van der Waals surface area contributed by atoms with Crippen LogP contribution >= 0.6 is 0 Å². The van der Waals surface area contributed by atoms with Gasteiger partial charge in [-0.1, -0.05) is 6.58 Å². The topological polar surface area (TPSA) is 67.8 Å². The van der Waals surface area contributed by atoms with E-state index in [2.05, 4.69) is 11.9 Å². The molecule has 0 saturated carbocycles. The Morgan fingerprint density at radius 1 is 1.47 bits per heavy atom. The van der Waals surface area contributed by atoms with Gasteiger partial charge in [-0.2, -0.15) is 0 Å². The molecule has 0 spiro atoms. The monoisotopic (exact) mass is 233 g/mol. The Kier molecular flexibility index (Phi) is 6.42. The Hall–Kier alpha value is -0.693. The molecule has 0 unspecified atom stereocenters. The second-order valence-corrected chi connectivity index (χ2v) is 6.00. The normalized spacial score (nSPS) is 11.2. The van der Waals surface area contributed by atoms with Crippen molar-refractivity contribution in [2.24, 2.45) is 0 Å². The lowest BCUT2D eigenvalue weighted by Crippen LogP contribution is -2.40. The molecule has 0 bridgehead atoms. The molecular weight excluding hydrogens is 214 g/mol. The van der Waals surface area contributed by atoms with Crippen molar-refractivity contribution in [1.29, 1.82) is 0 Å². The molecule has 5 nitrogen and oxygen atoms in total. The zero-order valence-corrected chi connectivity index (χ0v) is 10.5. The zero-order valence-electron chi connectivity index (χ0n) is 9.50. The number of rotatable bonds is 7. The van der Waals surface area contributed by atoms with Crippen LogP contribution in [0.15, 0.2) is 12.2 Å². The minimum absolute atomic E-state index is 0.171. The van der Waals surface area contributed by atoms with Gasteiger partial charge in [-0.15, -0.1) is 0 Å². The summed E-state index contributed by atoms with van der Waals surface area (Å²) >= 11 is 0. The SMILES string of the molecule is C=C(C)C(=O)NCCC[Si](O)(OC)OC. The van der Waals surface area contributed by atoms with Gasteiger partial charge in [0.25, 0.3) is 0 Å². The summed E-state index contributed by atoms with van der Waals surface area (Å²) in [5, 5.41) is 2.66. The highest BCUT2D eigenvalue weighted by atomic mass is 28.4. The average molecular weight is 233 g/mol. The molecule has 0 fully saturated rings. The van der Waals surface area contributed by atoms with Crippen LogP contribution in [0.2, 0.25) is 6.04 Å². The molecule has 0 aromatic rings. The molecule has 88 valence electrons. The Morgan fingerprint density at radius 3 is 2.40 bits per heavy atom. The molecule has 1 amide bonds. The van der Waals surface area contributed by atoms with Crippen molar-refractivity contribution in [3.63, 3.8) is 0 Å². The van der Waals surface area contributed by atoms with Gasteiger partial charge < -0.3 is 19.0 Å². The maximum absolute atomic E-state index is 11.1. The molecule has 0 aliphatic carbocycles. The summed E-state index contributed by atoms with van der Waals surface area (Å²) in [6, 6.07) is 0.427. The van der Waals surface area contributed by atoms with Crippen LogP contribution in [0.1, 0.15) is 13.3 Å². The van der Waals surface area contributed by atoms with E-state index in [-0.39, 0.29) is 5.91 Å². The Bertz CT molecular complexity index is 228. The molecule has 2 N–H and O–H groups in total. The minimum atomic E-state index is -2.97. The third-order valence-electron chi connectivity index (χ3n) is 1.98. The van der Waals surface area contributed by atoms with E-state index in [1.807, 2.05) is 0 Å². The van der Waals surface area contributed by atoms with Crippen LogP contribution in [0, 0.1) is 0 Å². The summed E-state index contributed by atoms with van der Waals surface area (Å²) in [4.78, 5) is 20.7. The predicted molar refractivity (Wildman–Crippen MR) is 59.2 cm³/mol. The molecule has 6 heteroatoms. The fourth-order valence-corrected chi connectivity index (χ4v) is 2.15. The molecule has 0 heterocycles. The molecule has 0 radical (unpaired) electrons. The third kappa shape index (κ3) is 5.68. The Labute approximate surface area is 91.5 Å². The van der Waals surface area contributed by atoms with Crippen LogP contribution in [0.4, 0.5) is 0 Å². The quantitative estimate of drug-likeness (QED) is 0.377. The molecule has 15 heavy (non-hydrogen) atoms. The summed E-state index contributed by atoms with van der Waals surface area (Å²) in [5.74, 6) is -0.171. The van der Waals surface area contributed by atoms with E-state index in [1.54, 1.807) is 6.92 Å². The van der Waals surface area contributed by atoms with E-state index >= 15 is 0 Å². The summed E-state index contributed by atoms with van der Waals surface area (Å²) in [6.45, 7) is 5.64. The summed E-state index contributed by atoms with van der Waals surface area (Å²) in [6.07, 6.45) is 0.615. The molecule has 0 rings (SSSR count). The number of carbonyl (C=O) groups excluding carboxylic acids is 1. The largest absolute Gasteiger partial charge is 0.497 e. The molecule has 0 aliphatic heterocycles. The van der Waals surface area contributed by atoms with Crippen molar-refractivity contribution in [3.05, 3.63) is 12.2 Å². The van der Waals surface area contributed by atoms with E-state index in [0.29, 0.717) is 24.6 Å². The van der Waals surface area contributed by atoms with Crippen molar-refractivity contribution >= 4 is 14.7 Å². The van der Waals surface area contributed by atoms with Gasteiger partial charge in [0.2, 0.25) is 5.91 Å². The van der Waals surface area contributed by atoms with Gasteiger partial charge in [0.1, 0.15) is 0 Å². The van der Waals surface area contributed by atoms with Gasteiger partial charge in [-0.3, -0.25) is 4.79 Å². The highest BCUT2D eigenvalue weighted by Gasteiger charge is 2.33. The van der Waals surface area contributed by atoms with E-state index < -0.39 is 8.80 Å². The lowest BCUT2D eigenvalue weighted by molar-refractivity contribution is -0.117. The van der Waals surface area contributed by atoms with Gasteiger partial charge in [0.15, 0.2) is 0 Å². The Morgan fingerprint density at radius 2 is 2.00 bits per heavy atom. The Balaban J connectivity index is 3.71. The highest BCUT2D eigenvalue weighted by molar-refractivity contribution is 6.59. The molecule has 0 aromatic carbocycles. The minimum Gasteiger partial charge on any atom is -0.390 e. The molecular formula is C9H19NO4Si. The molecule has 0 atom stereocenters. The van der Waals surface area contributed by atoms with Crippen molar-refractivity contribution < 1.29 is 18.4 Å². The van der Waals surface area contributed by atoms with Crippen LogP contribution in [-0.2, 0) is 13.6 Å². The van der Waals surface area contributed by atoms with Gasteiger partial charge in [-0.25, -0.2) is 0 Å². The number of hydrogen-bond donors (Lipinski definition) is 2. The molecule has 0 aromatic heterocycles. The van der Waals surface area contributed by atoms with Gasteiger partial charge in [0, 0.05) is 32.4 Å². The van der Waals surface area contributed by atoms with Crippen molar-refractivity contribution in [1.82, 2.24) is 5.32 Å². The second kappa shape index (κ2) is 6.73. The van der Waals surface area contributed by atoms with E-state index in [4.69, 9.17) is 8.85 Å². The maximum atomic E-state index is 11.1. The van der Waals surface area contributed by atoms with Gasteiger partial charge >= 0.3 is 8.80 Å². The van der Waals surface area contributed by atoms with Crippen molar-refractivity contribution in [2.75, 3.05) is 20.8 Å². The van der Waals surface area contributed by atoms with Gasteiger partial charge in [0.05, 0.1) is 0 Å². The average Bonchev–Trinajstić information content (AvgIpc) is 2.23. The zero-order chi connectivity index (χ0) is 11.9. The first-order valence-corrected chi connectivity index (χ1v) is 6.68. The van der Waals surface area contributed by atoms with E-state index in [9.17, 15) is 9.59 Å². The van der Waals surface area contributed by atoms with Crippen molar-refractivity contribution in [2.45, 2.75) is 19.4 Å². The lowest BCUT2D eigenvalue weighted by Gasteiger charge is -2.19. The lowest BCUT2D eigenvalue weighted by atomic mass is 10.3. The van der Waals surface area contributed by atoms with E-state index in [0.717, 1.165) is 0 Å². The number of nitrogens with one attached hydrogen (secondary N) is 1. The fraction of sp³-hybridized carbons (Fsp3) is 0.667. The van der Waals surface area contributed by atoms with E-state index in [1.165, 1.54) is 14.2 Å². The molecule has 0 saturated heterocycles. The fourth-order valence-electron chi connectivity index (χ4n) is 0.952. The van der Waals surface area contributed by atoms with Crippen LogP contribution in [0.5, 0.6) is 0 Å². The predicted octanol–water partition coefficient (Wildman–Crippen LogP) is 0.293. The first-order chi connectivity index (χ1) is 6.95.